The molecule has 0 heterocycles. The maximum atomic E-state index is 11.3. The summed E-state index contributed by atoms with van der Waals surface area (Å²) in [5.41, 5.74) is 0.838. The van der Waals surface area contributed by atoms with Crippen LogP contribution in [0.4, 0.5) is 4.79 Å². The molecule has 0 aliphatic carbocycles. The van der Waals surface area contributed by atoms with Gasteiger partial charge in [0.1, 0.15) is 24.7 Å². The second kappa shape index (κ2) is 9.50. The molecule has 5 nitrogen and oxygen atoms in total. The molecular weight excluding hydrogens is 278 g/mol. The number of nitrogens with one attached hydrogen (secondary N) is 1. The van der Waals surface area contributed by atoms with E-state index in [9.17, 15) is 4.79 Å². The molecule has 0 spiro atoms. The van der Waals surface area contributed by atoms with Crippen LogP contribution in [0.1, 0.15) is 5.56 Å². The highest BCUT2D eigenvalue weighted by Crippen LogP contribution is 2.11. The number of amides is 1. The topological polar surface area (TPSA) is 67.8 Å². The Balaban J connectivity index is 2.10. The third-order valence-electron chi connectivity index (χ3n) is 2.47. The van der Waals surface area contributed by atoms with Gasteiger partial charge in [0.25, 0.3) is 0 Å². The van der Waals surface area contributed by atoms with Crippen LogP contribution in [-0.4, -0.2) is 49.2 Å². The van der Waals surface area contributed by atoms with Gasteiger partial charge in [0.05, 0.1) is 25.7 Å². The number of aliphatic hydroxyl groups excluding tert-OH is 1. The molecule has 0 aromatic heterocycles. The van der Waals surface area contributed by atoms with Crippen LogP contribution in [0.25, 0.3) is 0 Å². The lowest BCUT2D eigenvalue weighted by Gasteiger charge is -2.08. The minimum absolute atomic E-state index is 0.0185. The van der Waals surface area contributed by atoms with E-state index in [-0.39, 0.29) is 17.5 Å². The average Bonchev–Trinajstić information content (AvgIpc) is 2.44. The summed E-state index contributed by atoms with van der Waals surface area (Å²) in [4.78, 5) is 11.3. The molecule has 2 N–H and O–H groups in total. The highest BCUT2D eigenvalue weighted by Gasteiger charge is 2.06. The molecule has 112 valence electrons. The number of aliphatic hydroxyl groups is 1. The van der Waals surface area contributed by atoms with E-state index in [1.165, 1.54) is 0 Å². The SMILES string of the molecule is C[S+](C)CCOC(=O)NCCOc1ccc(CO)cc1. The molecule has 0 unspecified atom stereocenters. The fourth-order valence-electron chi connectivity index (χ4n) is 1.37. The Labute approximate surface area is 122 Å². The standard InChI is InChI=1S/C14H21NO4S/c1-20(2)10-9-19-14(17)15-7-8-18-13-5-3-12(11-16)4-6-13/h3-6,16H,7-11H2,1-2H3/p+1. The van der Waals surface area contributed by atoms with E-state index in [1.807, 2.05) is 0 Å². The number of carbonyl (C=O) groups excluding carboxylic acids is 1. The van der Waals surface area contributed by atoms with E-state index in [1.54, 1.807) is 24.3 Å². The van der Waals surface area contributed by atoms with Crippen molar-refractivity contribution in [3.8, 4) is 5.75 Å². The number of carbonyl (C=O) groups is 1. The number of hydrogen-bond donors (Lipinski definition) is 2. The lowest BCUT2D eigenvalue weighted by molar-refractivity contribution is 0.151. The Morgan fingerprint density at radius 3 is 2.55 bits per heavy atom. The van der Waals surface area contributed by atoms with Crippen LogP contribution in [-0.2, 0) is 22.2 Å². The van der Waals surface area contributed by atoms with Gasteiger partial charge in [-0.3, -0.25) is 0 Å². The van der Waals surface area contributed by atoms with E-state index in [4.69, 9.17) is 14.6 Å². The summed E-state index contributed by atoms with van der Waals surface area (Å²) in [6.45, 7) is 1.24. The lowest BCUT2D eigenvalue weighted by Crippen LogP contribution is -2.30. The van der Waals surface area contributed by atoms with Crippen LogP contribution in [0.3, 0.4) is 0 Å². The van der Waals surface area contributed by atoms with Gasteiger partial charge in [0.2, 0.25) is 0 Å². The summed E-state index contributed by atoms with van der Waals surface area (Å²) in [6.07, 6.45) is 3.81. The van der Waals surface area contributed by atoms with Gasteiger partial charge in [0, 0.05) is 0 Å². The van der Waals surface area contributed by atoms with E-state index in [0.717, 1.165) is 11.3 Å². The third-order valence-corrected chi connectivity index (χ3v) is 3.45. The van der Waals surface area contributed by atoms with Gasteiger partial charge in [-0.1, -0.05) is 12.1 Å². The van der Waals surface area contributed by atoms with Gasteiger partial charge in [0.15, 0.2) is 0 Å². The molecule has 1 rings (SSSR count). The fourth-order valence-corrected chi connectivity index (χ4v) is 1.78. The zero-order valence-electron chi connectivity index (χ0n) is 11.9. The summed E-state index contributed by atoms with van der Waals surface area (Å²) in [5.74, 6) is 1.60. The summed E-state index contributed by atoms with van der Waals surface area (Å²) in [7, 11) is 0.285. The van der Waals surface area contributed by atoms with E-state index >= 15 is 0 Å². The molecular formula is C14H22NO4S+. The molecule has 1 aromatic rings. The minimum Gasteiger partial charge on any atom is -0.492 e. The summed E-state index contributed by atoms with van der Waals surface area (Å²) in [5, 5.41) is 11.5. The molecule has 0 aliphatic rings. The van der Waals surface area contributed by atoms with E-state index in [0.29, 0.717) is 25.5 Å². The molecule has 6 heteroatoms. The van der Waals surface area contributed by atoms with Gasteiger partial charge < -0.3 is 19.9 Å². The van der Waals surface area contributed by atoms with Crippen LogP contribution >= 0.6 is 0 Å². The Morgan fingerprint density at radius 2 is 1.95 bits per heavy atom. The fraction of sp³-hybridized carbons (Fsp3) is 0.500. The second-order valence-corrected chi connectivity index (χ2v) is 6.78. The monoisotopic (exact) mass is 300 g/mol. The minimum atomic E-state index is -0.408. The van der Waals surface area contributed by atoms with Crippen molar-refractivity contribution in [1.29, 1.82) is 0 Å². The van der Waals surface area contributed by atoms with Crippen molar-refractivity contribution in [2.24, 2.45) is 0 Å². The predicted octanol–water partition coefficient (Wildman–Crippen LogP) is 1.16. The van der Waals surface area contributed by atoms with Crippen molar-refractivity contribution in [1.82, 2.24) is 5.32 Å². The van der Waals surface area contributed by atoms with E-state index < -0.39 is 6.09 Å². The van der Waals surface area contributed by atoms with Gasteiger partial charge in [-0.25, -0.2) is 4.79 Å². The van der Waals surface area contributed by atoms with Crippen molar-refractivity contribution in [2.45, 2.75) is 6.61 Å². The van der Waals surface area contributed by atoms with Crippen LogP contribution in [0, 0.1) is 0 Å². The Bertz CT molecular complexity index is 395. The van der Waals surface area contributed by atoms with Gasteiger partial charge in [-0.2, -0.15) is 0 Å². The van der Waals surface area contributed by atoms with Crippen molar-refractivity contribution in [3.05, 3.63) is 29.8 Å². The van der Waals surface area contributed by atoms with Crippen molar-refractivity contribution in [3.63, 3.8) is 0 Å². The van der Waals surface area contributed by atoms with Gasteiger partial charge in [-0.15, -0.1) is 0 Å². The molecule has 0 atom stereocenters. The first-order valence-corrected chi connectivity index (χ1v) is 8.60. The largest absolute Gasteiger partial charge is 0.492 e. The maximum absolute atomic E-state index is 11.3. The van der Waals surface area contributed by atoms with Gasteiger partial charge >= 0.3 is 6.09 Å². The van der Waals surface area contributed by atoms with Crippen LogP contribution in [0.15, 0.2) is 24.3 Å². The Morgan fingerprint density at radius 1 is 1.25 bits per heavy atom. The quantitative estimate of drug-likeness (QED) is 0.558. The number of hydrogen-bond acceptors (Lipinski definition) is 4. The Hall–Kier alpha value is -1.40. The smallest absolute Gasteiger partial charge is 0.407 e. The average molecular weight is 300 g/mol. The molecule has 0 bridgehead atoms. The van der Waals surface area contributed by atoms with Crippen molar-refractivity contribution >= 4 is 17.0 Å². The zero-order valence-corrected chi connectivity index (χ0v) is 12.7. The molecule has 1 aromatic carbocycles. The first-order chi connectivity index (χ1) is 9.61. The van der Waals surface area contributed by atoms with Gasteiger partial charge in [-0.05, 0) is 28.6 Å². The number of alkyl carbamates (subject to hydrolysis) is 1. The molecule has 0 radical (unpaired) electrons. The normalized spacial score (nSPS) is 10.4. The number of rotatable bonds is 8. The van der Waals surface area contributed by atoms with Crippen molar-refractivity contribution in [2.75, 3.05) is 38.0 Å². The summed E-state index contributed by atoms with van der Waals surface area (Å²) in [6, 6.07) is 7.16. The summed E-state index contributed by atoms with van der Waals surface area (Å²) < 4.78 is 10.5. The molecule has 1 amide bonds. The van der Waals surface area contributed by atoms with Crippen LogP contribution < -0.4 is 10.1 Å². The lowest BCUT2D eigenvalue weighted by atomic mass is 10.2. The first-order valence-electron chi connectivity index (χ1n) is 6.39. The summed E-state index contributed by atoms with van der Waals surface area (Å²) >= 11 is 0. The maximum Gasteiger partial charge on any atom is 0.407 e. The number of ether oxygens (including phenoxy) is 2. The Kier molecular flexibility index (Phi) is 7.91. The third kappa shape index (κ3) is 7.25. The highest BCUT2D eigenvalue weighted by atomic mass is 32.2. The van der Waals surface area contributed by atoms with Crippen LogP contribution in [0.5, 0.6) is 5.75 Å². The molecule has 0 fully saturated rings. The molecule has 20 heavy (non-hydrogen) atoms. The van der Waals surface area contributed by atoms with Crippen molar-refractivity contribution < 1.29 is 19.4 Å². The first kappa shape index (κ1) is 16.7. The zero-order chi connectivity index (χ0) is 14.8. The second-order valence-electron chi connectivity index (χ2n) is 4.40. The molecule has 0 aliphatic heterocycles. The van der Waals surface area contributed by atoms with Crippen LogP contribution in [0.2, 0.25) is 0 Å². The molecule has 0 saturated carbocycles. The highest BCUT2D eigenvalue weighted by molar-refractivity contribution is 7.95. The predicted molar refractivity (Wildman–Crippen MR) is 81.3 cm³/mol. The molecule has 0 saturated heterocycles. The number of benzene rings is 1. The van der Waals surface area contributed by atoms with E-state index in [2.05, 4.69) is 17.8 Å².